The fourth-order valence-electron chi connectivity index (χ4n) is 4.72. The fraction of sp³-hybridized carbons (Fsp3) is 0.682. The SMILES string of the molecule is CC(C)(C[C@H](c1nc2ccc([C@H](N)C3CC3)cc2[nH]1)C1CCC(F)(F)CC1)S(N)=O. The van der Waals surface area contributed by atoms with Crippen molar-refractivity contribution in [2.75, 3.05) is 0 Å². The van der Waals surface area contributed by atoms with Gasteiger partial charge in [0, 0.05) is 24.8 Å². The molecule has 2 aliphatic rings. The van der Waals surface area contributed by atoms with Gasteiger partial charge in [-0.15, -0.1) is 0 Å². The zero-order valence-electron chi connectivity index (χ0n) is 17.7. The number of benzene rings is 1. The quantitative estimate of drug-likeness (QED) is 0.586. The molecule has 0 saturated heterocycles. The predicted molar refractivity (Wildman–Crippen MR) is 116 cm³/mol. The highest BCUT2D eigenvalue weighted by Crippen LogP contribution is 2.45. The van der Waals surface area contributed by atoms with Crippen molar-refractivity contribution in [2.24, 2.45) is 22.7 Å². The molecule has 1 heterocycles. The maximum Gasteiger partial charge on any atom is 0.248 e. The zero-order chi connectivity index (χ0) is 21.7. The first-order valence-electron chi connectivity index (χ1n) is 10.8. The van der Waals surface area contributed by atoms with Gasteiger partial charge < -0.3 is 10.7 Å². The summed E-state index contributed by atoms with van der Waals surface area (Å²) in [7, 11) is -1.52. The van der Waals surface area contributed by atoms with E-state index >= 15 is 0 Å². The van der Waals surface area contributed by atoms with Gasteiger partial charge in [0.1, 0.15) is 5.82 Å². The molecular formula is C22H32F2N4OS. The number of fused-ring (bicyclic) bond motifs is 1. The van der Waals surface area contributed by atoms with Crippen LogP contribution in [0.2, 0.25) is 0 Å². The van der Waals surface area contributed by atoms with Gasteiger partial charge in [0.2, 0.25) is 5.92 Å². The van der Waals surface area contributed by atoms with Gasteiger partial charge in [0.25, 0.3) is 0 Å². The molecule has 2 aromatic rings. The number of nitrogens with two attached hydrogens (primary N) is 2. The fourth-order valence-corrected chi connectivity index (χ4v) is 5.06. The van der Waals surface area contributed by atoms with Crippen molar-refractivity contribution in [2.45, 2.75) is 81.4 Å². The third kappa shape index (κ3) is 4.60. The van der Waals surface area contributed by atoms with Crippen LogP contribution < -0.4 is 10.9 Å². The minimum absolute atomic E-state index is 0.0381. The normalized spacial score (nSPS) is 23.4. The van der Waals surface area contributed by atoms with E-state index in [2.05, 4.69) is 11.1 Å². The molecule has 4 rings (SSSR count). The van der Waals surface area contributed by atoms with Crippen LogP contribution in [0.4, 0.5) is 8.78 Å². The first-order valence-corrected chi connectivity index (χ1v) is 12.1. The number of alkyl halides is 2. The monoisotopic (exact) mass is 438 g/mol. The Labute approximate surface area is 179 Å². The summed E-state index contributed by atoms with van der Waals surface area (Å²) < 4.78 is 39.0. The Morgan fingerprint density at radius 2 is 1.90 bits per heavy atom. The Balaban J connectivity index is 1.65. The summed E-state index contributed by atoms with van der Waals surface area (Å²) in [4.78, 5) is 8.24. The van der Waals surface area contributed by atoms with Crippen LogP contribution >= 0.6 is 0 Å². The lowest BCUT2D eigenvalue weighted by Gasteiger charge is -2.36. The van der Waals surface area contributed by atoms with Crippen molar-refractivity contribution in [3.8, 4) is 0 Å². The van der Waals surface area contributed by atoms with E-state index in [4.69, 9.17) is 15.9 Å². The zero-order valence-corrected chi connectivity index (χ0v) is 18.5. The molecule has 2 aliphatic carbocycles. The molecule has 5 nitrogen and oxygen atoms in total. The molecule has 5 N–H and O–H groups in total. The standard InChI is InChI=1S/C22H32F2N4OS/c1-21(2,30(26)29)12-16(13-7-9-22(23,24)10-8-13)20-27-17-6-5-15(11-18(17)28-20)19(25)14-3-4-14/h5-6,11,13-14,16,19H,3-4,7-10,12,25-26H2,1-2H3,(H,27,28)/t16-,19+,30?/m0/s1. The van der Waals surface area contributed by atoms with Crippen LogP contribution in [0.25, 0.3) is 11.0 Å². The summed E-state index contributed by atoms with van der Waals surface area (Å²) in [5.41, 5.74) is 9.21. The highest BCUT2D eigenvalue weighted by atomic mass is 32.2. The second-order valence-corrected chi connectivity index (χ2v) is 11.5. The Kier molecular flexibility index (Phi) is 5.79. The molecule has 2 saturated carbocycles. The number of hydrogen-bond donors (Lipinski definition) is 3. The Hall–Kier alpha value is -1.38. The Morgan fingerprint density at radius 1 is 1.23 bits per heavy atom. The third-order valence-corrected chi connectivity index (χ3v) is 8.23. The highest BCUT2D eigenvalue weighted by molar-refractivity contribution is 7.84. The van der Waals surface area contributed by atoms with Crippen molar-refractivity contribution in [1.29, 1.82) is 0 Å². The van der Waals surface area contributed by atoms with Gasteiger partial charge in [0.15, 0.2) is 0 Å². The van der Waals surface area contributed by atoms with Gasteiger partial charge in [-0.05, 0) is 75.5 Å². The number of H-pyrrole nitrogens is 1. The maximum absolute atomic E-state index is 13.8. The molecule has 8 heteroatoms. The summed E-state index contributed by atoms with van der Waals surface area (Å²) in [5, 5.41) is 5.74. The van der Waals surface area contributed by atoms with Crippen molar-refractivity contribution >= 4 is 22.0 Å². The lowest BCUT2D eigenvalue weighted by molar-refractivity contribution is -0.0493. The van der Waals surface area contributed by atoms with E-state index in [-0.39, 0.29) is 30.7 Å². The Morgan fingerprint density at radius 3 is 2.50 bits per heavy atom. The molecular weight excluding hydrogens is 406 g/mol. The molecule has 1 aromatic carbocycles. The molecule has 1 aromatic heterocycles. The van der Waals surface area contributed by atoms with E-state index in [0.717, 1.165) is 22.4 Å². The number of aromatic amines is 1. The van der Waals surface area contributed by atoms with Crippen molar-refractivity contribution in [1.82, 2.24) is 9.97 Å². The van der Waals surface area contributed by atoms with Crippen LogP contribution in [0.3, 0.4) is 0 Å². The summed E-state index contributed by atoms with van der Waals surface area (Å²) in [6.45, 7) is 3.73. The van der Waals surface area contributed by atoms with E-state index in [1.165, 1.54) is 12.8 Å². The predicted octanol–water partition coefficient (Wildman–Crippen LogP) is 4.67. The molecule has 0 amide bonds. The number of hydrogen-bond acceptors (Lipinski definition) is 3. The van der Waals surface area contributed by atoms with Crippen LogP contribution in [0.1, 0.15) is 82.1 Å². The summed E-state index contributed by atoms with van der Waals surface area (Å²) >= 11 is 0. The average molecular weight is 439 g/mol. The second kappa shape index (κ2) is 7.95. The first kappa shape index (κ1) is 21.8. The van der Waals surface area contributed by atoms with E-state index in [9.17, 15) is 13.0 Å². The van der Waals surface area contributed by atoms with Crippen LogP contribution in [-0.2, 0) is 11.0 Å². The van der Waals surface area contributed by atoms with E-state index < -0.39 is 21.7 Å². The van der Waals surface area contributed by atoms with Crippen LogP contribution in [0.15, 0.2) is 18.2 Å². The molecule has 0 radical (unpaired) electrons. The number of nitrogens with zero attached hydrogens (tertiary/aromatic N) is 1. The average Bonchev–Trinajstić information content (AvgIpc) is 3.44. The van der Waals surface area contributed by atoms with Crippen molar-refractivity contribution < 1.29 is 13.0 Å². The molecule has 0 aliphatic heterocycles. The highest BCUT2D eigenvalue weighted by Gasteiger charge is 2.41. The van der Waals surface area contributed by atoms with Gasteiger partial charge >= 0.3 is 0 Å². The molecule has 30 heavy (non-hydrogen) atoms. The van der Waals surface area contributed by atoms with E-state index in [1.54, 1.807) is 0 Å². The number of rotatable bonds is 7. The topological polar surface area (TPSA) is 97.8 Å². The van der Waals surface area contributed by atoms with E-state index in [0.29, 0.717) is 25.2 Å². The summed E-state index contributed by atoms with van der Waals surface area (Å²) in [6, 6.07) is 6.11. The smallest absolute Gasteiger partial charge is 0.248 e. The second-order valence-electron chi connectivity index (χ2n) is 9.82. The molecule has 166 valence electrons. The third-order valence-electron chi connectivity index (χ3n) is 6.98. The summed E-state index contributed by atoms with van der Waals surface area (Å²) in [5.74, 6) is -1.30. The Bertz CT molecular complexity index is 930. The van der Waals surface area contributed by atoms with Gasteiger partial charge in [-0.3, -0.25) is 5.14 Å². The lowest BCUT2D eigenvalue weighted by atomic mass is 9.75. The minimum atomic E-state index is -2.59. The minimum Gasteiger partial charge on any atom is -0.342 e. The van der Waals surface area contributed by atoms with Crippen molar-refractivity contribution in [3.63, 3.8) is 0 Å². The lowest BCUT2D eigenvalue weighted by Crippen LogP contribution is -2.37. The number of imidazole rings is 1. The van der Waals surface area contributed by atoms with Gasteiger partial charge in [-0.1, -0.05) is 6.07 Å². The van der Waals surface area contributed by atoms with Gasteiger partial charge in [-0.2, -0.15) is 0 Å². The molecule has 0 bridgehead atoms. The van der Waals surface area contributed by atoms with Crippen LogP contribution in [-0.4, -0.2) is 24.8 Å². The molecule has 0 spiro atoms. The number of halogens is 2. The molecule has 1 unspecified atom stereocenters. The summed E-state index contributed by atoms with van der Waals surface area (Å²) in [6.07, 6.45) is 3.52. The van der Waals surface area contributed by atoms with Gasteiger partial charge in [0.05, 0.1) is 26.8 Å². The van der Waals surface area contributed by atoms with Crippen molar-refractivity contribution in [3.05, 3.63) is 29.6 Å². The maximum atomic E-state index is 13.8. The number of aromatic nitrogens is 2. The van der Waals surface area contributed by atoms with Crippen LogP contribution in [0, 0.1) is 11.8 Å². The van der Waals surface area contributed by atoms with Gasteiger partial charge in [-0.25, -0.2) is 18.0 Å². The largest absolute Gasteiger partial charge is 0.342 e. The first-order chi connectivity index (χ1) is 14.1. The molecule has 2 fully saturated rings. The van der Waals surface area contributed by atoms with E-state index in [1.807, 2.05) is 26.0 Å². The van der Waals surface area contributed by atoms with Crippen LogP contribution in [0.5, 0.6) is 0 Å². The molecule has 3 atom stereocenters. The number of nitrogens with one attached hydrogen (secondary N) is 1.